The van der Waals surface area contributed by atoms with E-state index in [0.717, 1.165) is 16.5 Å². The number of pyridine rings is 1. The fourth-order valence-corrected chi connectivity index (χ4v) is 2.27. The smallest absolute Gasteiger partial charge is 0.305 e. The molecular weight excluding hydrogens is 278 g/mol. The number of hydrogen-bond donors (Lipinski definition) is 1. The van der Waals surface area contributed by atoms with Crippen LogP contribution in [0.1, 0.15) is 12.1 Å². The molecular formula is C13H15N3O3S. The Kier molecular flexibility index (Phi) is 4.89. The molecule has 0 fully saturated rings. The summed E-state index contributed by atoms with van der Waals surface area (Å²) in [5.74, 6) is 0.334. The molecule has 2 rings (SSSR count). The van der Waals surface area contributed by atoms with Crippen molar-refractivity contribution in [1.82, 2.24) is 9.97 Å². The first-order valence-corrected chi connectivity index (χ1v) is 6.87. The Morgan fingerprint density at radius 1 is 1.40 bits per heavy atom. The standard InChI is InChI=1S/C13H15N3O3S/c1-18-11-5-3-9(7-14-11)15-13-16-10(8-20-13)4-6-12(17)19-2/h3,5,7-8H,4,6H2,1-2H3,(H,15,16). The summed E-state index contributed by atoms with van der Waals surface area (Å²) in [7, 11) is 2.96. The first kappa shape index (κ1) is 14.3. The number of methoxy groups -OCH3 is 2. The van der Waals surface area contributed by atoms with Crippen molar-refractivity contribution in [3.8, 4) is 5.88 Å². The first-order chi connectivity index (χ1) is 9.71. The van der Waals surface area contributed by atoms with Crippen LogP contribution in [-0.4, -0.2) is 30.2 Å². The highest BCUT2D eigenvalue weighted by Gasteiger charge is 2.06. The van der Waals surface area contributed by atoms with Crippen LogP contribution in [0.15, 0.2) is 23.7 Å². The van der Waals surface area contributed by atoms with Crippen LogP contribution >= 0.6 is 11.3 Å². The number of rotatable bonds is 6. The lowest BCUT2D eigenvalue weighted by Gasteiger charge is -2.03. The van der Waals surface area contributed by atoms with E-state index in [4.69, 9.17) is 4.74 Å². The van der Waals surface area contributed by atoms with Crippen molar-refractivity contribution in [2.75, 3.05) is 19.5 Å². The van der Waals surface area contributed by atoms with E-state index in [1.165, 1.54) is 18.4 Å². The molecule has 0 spiro atoms. The largest absolute Gasteiger partial charge is 0.481 e. The average Bonchev–Trinajstić information content (AvgIpc) is 2.93. The van der Waals surface area contributed by atoms with Crippen molar-refractivity contribution in [2.45, 2.75) is 12.8 Å². The third-order valence-corrected chi connectivity index (χ3v) is 3.37. The summed E-state index contributed by atoms with van der Waals surface area (Å²) in [6.45, 7) is 0. The molecule has 2 aromatic heterocycles. The third kappa shape index (κ3) is 3.92. The highest BCUT2D eigenvalue weighted by atomic mass is 32.1. The highest BCUT2D eigenvalue weighted by Crippen LogP contribution is 2.22. The van der Waals surface area contributed by atoms with Crippen molar-refractivity contribution in [3.05, 3.63) is 29.4 Å². The minimum absolute atomic E-state index is 0.230. The third-order valence-electron chi connectivity index (χ3n) is 2.56. The van der Waals surface area contributed by atoms with E-state index in [2.05, 4.69) is 20.0 Å². The number of hydrogen-bond acceptors (Lipinski definition) is 7. The molecule has 0 atom stereocenters. The Bertz CT molecular complexity index is 568. The molecule has 0 unspecified atom stereocenters. The van der Waals surface area contributed by atoms with Crippen LogP contribution in [0.3, 0.4) is 0 Å². The number of nitrogens with zero attached hydrogens (tertiary/aromatic N) is 2. The van der Waals surface area contributed by atoms with Crippen LogP contribution < -0.4 is 10.1 Å². The number of aryl methyl sites for hydroxylation is 1. The molecule has 0 aliphatic rings. The van der Waals surface area contributed by atoms with Crippen LogP contribution in [0.5, 0.6) is 5.88 Å². The van der Waals surface area contributed by atoms with Gasteiger partial charge in [-0.1, -0.05) is 0 Å². The zero-order valence-corrected chi connectivity index (χ0v) is 12.1. The van der Waals surface area contributed by atoms with Crippen molar-refractivity contribution in [1.29, 1.82) is 0 Å². The number of thiazole rings is 1. The van der Waals surface area contributed by atoms with E-state index in [1.807, 2.05) is 11.4 Å². The molecule has 0 saturated carbocycles. The van der Waals surface area contributed by atoms with Crippen molar-refractivity contribution in [2.24, 2.45) is 0 Å². The molecule has 0 aliphatic heterocycles. The topological polar surface area (TPSA) is 73.3 Å². The number of aromatic nitrogens is 2. The molecule has 6 nitrogen and oxygen atoms in total. The Hall–Kier alpha value is -2.15. The number of carbonyl (C=O) groups is 1. The van der Waals surface area contributed by atoms with Gasteiger partial charge in [0.05, 0.1) is 38.2 Å². The summed E-state index contributed by atoms with van der Waals surface area (Å²) in [5, 5.41) is 5.83. The van der Waals surface area contributed by atoms with Gasteiger partial charge in [-0.3, -0.25) is 4.79 Å². The second kappa shape index (κ2) is 6.85. The molecule has 2 aromatic rings. The van der Waals surface area contributed by atoms with Crippen molar-refractivity contribution < 1.29 is 14.3 Å². The summed E-state index contributed by atoms with van der Waals surface area (Å²) in [5.41, 5.74) is 1.70. The number of ether oxygens (including phenoxy) is 2. The van der Waals surface area contributed by atoms with E-state index in [-0.39, 0.29) is 5.97 Å². The SMILES string of the molecule is COC(=O)CCc1csc(Nc2ccc(OC)nc2)n1. The molecule has 20 heavy (non-hydrogen) atoms. The fraction of sp³-hybridized carbons (Fsp3) is 0.308. The van der Waals surface area contributed by atoms with Gasteiger partial charge in [0.2, 0.25) is 5.88 Å². The summed E-state index contributed by atoms with van der Waals surface area (Å²) in [6.07, 6.45) is 2.59. The molecule has 0 aromatic carbocycles. The maximum Gasteiger partial charge on any atom is 0.305 e. The number of nitrogens with one attached hydrogen (secondary N) is 1. The maximum absolute atomic E-state index is 11.1. The van der Waals surface area contributed by atoms with Gasteiger partial charge in [-0.15, -0.1) is 11.3 Å². The lowest BCUT2D eigenvalue weighted by molar-refractivity contribution is -0.140. The van der Waals surface area contributed by atoms with Crippen molar-refractivity contribution in [3.63, 3.8) is 0 Å². The van der Waals surface area contributed by atoms with E-state index >= 15 is 0 Å². The molecule has 0 saturated heterocycles. The molecule has 0 bridgehead atoms. The molecule has 1 N–H and O–H groups in total. The highest BCUT2D eigenvalue weighted by molar-refractivity contribution is 7.13. The summed E-state index contributed by atoms with van der Waals surface area (Å²) in [6, 6.07) is 3.63. The minimum Gasteiger partial charge on any atom is -0.481 e. The monoisotopic (exact) mass is 293 g/mol. The van der Waals surface area contributed by atoms with E-state index < -0.39 is 0 Å². The number of anilines is 2. The number of carbonyl (C=O) groups excluding carboxylic acids is 1. The Morgan fingerprint density at radius 2 is 2.25 bits per heavy atom. The normalized spacial score (nSPS) is 10.1. The molecule has 0 radical (unpaired) electrons. The minimum atomic E-state index is -0.230. The van der Waals surface area contributed by atoms with E-state index in [0.29, 0.717) is 18.7 Å². The molecule has 2 heterocycles. The zero-order chi connectivity index (χ0) is 14.4. The van der Waals surface area contributed by atoms with Crippen LogP contribution in [0.4, 0.5) is 10.8 Å². The second-order valence-electron chi connectivity index (χ2n) is 3.93. The Balaban J connectivity index is 1.93. The fourth-order valence-electron chi connectivity index (χ4n) is 1.51. The lowest BCUT2D eigenvalue weighted by Crippen LogP contribution is -2.02. The first-order valence-electron chi connectivity index (χ1n) is 5.99. The Morgan fingerprint density at radius 3 is 2.90 bits per heavy atom. The van der Waals surface area contributed by atoms with Crippen molar-refractivity contribution >= 4 is 28.1 Å². The zero-order valence-electron chi connectivity index (χ0n) is 11.3. The summed E-state index contributed by atoms with van der Waals surface area (Å²) in [4.78, 5) is 19.6. The van der Waals surface area contributed by atoms with E-state index in [9.17, 15) is 4.79 Å². The second-order valence-corrected chi connectivity index (χ2v) is 4.79. The van der Waals surface area contributed by atoms with Gasteiger partial charge in [0.15, 0.2) is 5.13 Å². The molecule has 106 valence electrons. The number of esters is 1. The predicted molar refractivity (Wildman–Crippen MR) is 76.5 cm³/mol. The van der Waals surface area contributed by atoms with Crippen LogP contribution in [0.2, 0.25) is 0 Å². The maximum atomic E-state index is 11.1. The average molecular weight is 293 g/mol. The summed E-state index contributed by atoms with van der Waals surface area (Å²) >= 11 is 1.48. The van der Waals surface area contributed by atoms with Crippen LogP contribution in [0, 0.1) is 0 Å². The molecule has 0 amide bonds. The van der Waals surface area contributed by atoms with Gasteiger partial charge in [-0.2, -0.15) is 0 Å². The molecule has 7 heteroatoms. The van der Waals surface area contributed by atoms with Gasteiger partial charge in [-0.25, -0.2) is 9.97 Å². The van der Waals surface area contributed by atoms with Gasteiger partial charge in [0.25, 0.3) is 0 Å². The lowest BCUT2D eigenvalue weighted by atomic mass is 10.2. The Labute approximate surface area is 120 Å². The van der Waals surface area contributed by atoms with Gasteiger partial charge in [0, 0.05) is 17.9 Å². The van der Waals surface area contributed by atoms with Gasteiger partial charge >= 0.3 is 5.97 Å². The summed E-state index contributed by atoms with van der Waals surface area (Å²) < 4.78 is 9.59. The quantitative estimate of drug-likeness (QED) is 0.824. The predicted octanol–water partition coefficient (Wildman–Crippen LogP) is 2.40. The van der Waals surface area contributed by atoms with Crippen LogP contribution in [0.25, 0.3) is 0 Å². The molecule has 0 aliphatic carbocycles. The van der Waals surface area contributed by atoms with Gasteiger partial charge in [0.1, 0.15) is 0 Å². The van der Waals surface area contributed by atoms with Crippen LogP contribution in [-0.2, 0) is 16.0 Å². The van der Waals surface area contributed by atoms with Gasteiger partial charge < -0.3 is 14.8 Å². The van der Waals surface area contributed by atoms with Gasteiger partial charge in [-0.05, 0) is 6.07 Å². The van der Waals surface area contributed by atoms with E-state index in [1.54, 1.807) is 19.4 Å².